The number of carbonyl (C=O) groups excluding carboxylic acids is 1. The summed E-state index contributed by atoms with van der Waals surface area (Å²) >= 11 is 0. The van der Waals surface area contributed by atoms with E-state index in [1.165, 1.54) is 32.5 Å². The molecule has 142 valence electrons. The number of ketones is 1. The van der Waals surface area contributed by atoms with Crippen molar-refractivity contribution >= 4 is 32.5 Å². The van der Waals surface area contributed by atoms with Crippen LogP contribution < -0.4 is 9.46 Å². The van der Waals surface area contributed by atoms with Gasteiger partial charge in [0.2, 0.25) is 15.8 Å². The fourth-order valence-corrected chi connectivity index (χ4v) is 3.23. The monoisotopic (exact) mass is 395 g/mol. The van der Waals surface area contributed by atoms with Crippen LogP contribution in [0.4, 0.5) is 14.5 Å². The molecule has 7 nitrogen and oxygen atoms in total. The van der Waals surface area contributed by atoms with Crippen LogP contribution in [0.2, 0.25) is 0 Å². The predicted molar refractivity (Wildman–Crippen MR) is 95.5 cm³/mol. The lowest BCUT2D eigenvalue weighted by Crippen LogP contribution is -2.17. The fourth-order valence-electron chi connectivity index (χ4n) is 2.59. The van der Waals surface area contributed by atoms with E-state index < -0.39 is 38.7 Å². The fraction of sp³-hybridized carbons (Fsp3) is 0.176. The molecule has 2 heterocycles. The molecule has 0 fully saturated rings. The van der Waals surface area contributed by atoms with Crippen LogP contribution in [0.5, 0.6) is 5.75 Å². The number of nitrogens with one attached hydrogen (secondary N) is 2. The SMILES string of the molecule is CCS(=O)(=O)Nc1ccc(F)c(C(=O)c2c[nH]c3nccc(OC)c23)c1F. The van der Waals surface area contributed by atoms with E-state index >= 15 is 0 Å². The number of aromatic nitrogens is 2. The van der Waals surface area contributed by atoms with Crippen LogP contribution in [0.1, 0.15) is 22.8 Å². The minimum absolute atomic E-state index is 0.0525. The van der Waals surface area contributed by atoms with Gasteiger partial charge in [0, 0.05) is 12.4 Å². The van der Waals surface area contributed by atoms with Crippen molar-refractivity contribution in [1.29, 1.82) is 0 Å². The molecule has 0 bridgehead atoms. The number of anilines is 1. The van der Waals surface area contributed by atoms with E-state index in [1.54, 1.807) is 0 Å². The zero-order chi connectivity index (χ0) is 19.8. The van der Waals surface area contributed by atoms with E-state index in [2.05, 4.69) is 9.97 Å². The number of fused-ring (bicyclic) bond motifs is 1. The number of sulfonamides is 1. The molecule has 0 atom stereocenters. The Labute approximate surface area is 153 Å². The second kappa shape index (κ2) is 6.95. The Morgan fingerprint density at radius 3 is 2.70 bits per heavy atom. The smallest absolute Gasteiger partial charge is 0.232 e. The lowest BCUT2D eigenvalue weighted by atomic mass is 10.0. The second-order valence-electron chi connectivity index (χ2n) is 5.56. The highest BCUT2D eigenvalue weighted by Gasteiger charge is 2.26. The molecule has 0 aliphatic heterocycles. The van der Waals surface area contributed by atoms with Gasteiger partial charge in [-0.2, -0.15) is 0 Å². The molecule has 2 N–H and O–H groups in total. The number of methoxy groups -OCH3 is 1. The third-order valence-corrected chi connectivity index (χ3v) is 5.25. The normalized spacial score (nSPS) is 11.6. The molecule has 3 rings (SSSR count). The van der Waals surface area contributed by atoms with Crippen LogP contribution >= 0.6 is 0 Å². The number of hydrogen-bond donors (Lipinski definition) is 2. The first-order valence-electron chi connectivity index (χ1n) is 7.82. The Balaban J connectivity index is 2.16. The molecule has 0 spiro atoms. The Kier molecular flexibility index (Phi) is 4.83. The standard InChI is InChI=1S/C17H15F2N3O4S/c1-3-27(24,25)22-11-5-4-10(18)14(15(11)19)16(23)9-8-21-17-13(9)12(26-2)6-7-20-17/h4-8,22H,3H2,1-2H3,(H,20,21). The third kappa shape index (κ3) is 3.35. The van der Waals surface area contributed by atoms with Crippen LogP contribution in [-0.2, 0) is 10.0 Å². The summed E-state index contributed by atoms with van der Waals surface area (Å²) in [5.74, 6) is -3.39. The number of pyridine rings is 1. The van der Waals surface area contributed by atoms with Crippen molar-refractivity contribution in [2.75, 3.05) is 17.6 Å². The number of aromatic amines is 1. The highest BCUT2D eigenvalue weighted by molar-refractivity contribution is 7.92. The summed E-state index contributed by atoms with van der Waals surface area (Å²) in [4.78, 5) is 19.6. The molecule has 0 aliphatic rings. The molecular weight excluding hydrogens is 380 g/mol. The van der Waals surface area contributed by atoms with Crippen molar-refractivity contribution in [1.82, 2.24) is 9.97 Å². The van der Waals surface area contributed by atoms with Gasteiger partial charge in [0.05, 0.1) is 35.1 Å². The van der Waals surface area contributed by atoms with E-state index in [0.717, 1.165) is 12.1 Å². The minimum Gasteiger partial charge on any atom is -0.496 e. The van der Waals surface area contributed by atoms with E-state index in [0.29, 0.717) is 11.4 Å². The zero-order valence-corrected chi connectivity index (χ0v) is 15.2. The van der Waals surface area contributed by atoms with Crippen LogP contribution in [0.25, 0.3) is 11.0 Å². The van der Waals surface area contributed by atoms with Crippen LogP contribution in [0, 0.1) is 11.6 Å². The van der Waals surface area contributed by atoms with E-state index in [9.17, 15) is 22.0 Å². The molecule has 2 aromatic heterocycles. The first-order valence-corrected chi connectivity index (χ1v) is 9.47. The van der Waals surface area contributed by atoms with Crippen LogP contribution in [0.3, 0.4) is 0 Å². The van der Waals surface area contributed by atoms with Crippen molar-refractivity contribution in [2.45, 2.75) is 6.92 Å². The Morgan fingerprint density at radius 1 is 1.30 bits per heavy atom. The molecule has 0 radical (unpaired) electrons. The summed E-state index contributed by atoms with van der Waals surface area (Å²) in [6.07, 6.45) is 2.72. The summed E-state index contributed by atoms with van der Waals surface area (Å²) in [5.41, 5.74) is -1.13. The zero-order valence-electron chi connectivity index (χ0n) is 14.3. The first kappa shape index (κ1) is 18.8. The molecule has 10 heteroatoms. The van der Waals surface area contributed by atoms with Gasteiger partial charge in [-0.1, -0.05) is 0 Å². The lowest BCUT2D eigenvalue weighted by molar-refractivity contribution is 0.103. The average Bonchev–Trinajstić information content (AvgIpc) is 3.08. The van der Waals surface area contributed by atoms with Gasteiger partial charge < -0.3 is 9.72 Å². The summed E-state index contributed by atoms with van der Waals surface area (Å²) in [6, 6.07) is 3.26. The first-order chi connectivity index (χ1) is 12.8. The molecule has 1 aromatic carbocycles. The van der Waals surface area contributed by atoms with Gasteiger partial charge in [-0.3, -0.25) is 9.52 Å². The highest BCUT2D eigenvalue weighted by atomic mass is 32.2. The Hall–Kier alpha value is -3.01. The van der Waals surface area contributed by atoms with Crippen molar-refractivity contribution in [3.05, 3.63) is 53.4 Å². The van der Waals surface area contributed by atoms with Gasteiger partial charge >= 0.3 is 0 Å². The van der Waals surface area contributed by atoms with Gasteiger partial charge in [0.25, 0.3) is 0 Å². The molecule has 3 aromatic rings. The van der Waals surface area contributed by atoms with Crippen LogP contribution in [-0.4, -0.2) is 37.0 Å². The summed E-state index contributed by atoms with van der Waals surface area (Å²) in [7, 11) is -2.42. The lowest BCUT2D eigenvalue weighted by Gasteiger charge is -2.11. The Bertz CT molecular complexity index is 1140. The number of ether oxygens (including phenoxy) is 1. The molecule has 27 heavy (non-hydrogen) atoms. The largest absolute Gasteiger partial charge is 0.496 e. The molecule has 0 unspecified atom stereocenters. The van der Waals surface area contributed by atoms with Gasteiger partial charge in [0.15, 0.2) is 5.82 Å². The van der Waals surface area contributed by atoms with E-state index in [4.69, 9.17) is 4.74 Å². The second-order valence-corrected chi connectivity index (χ2v) is 7.57. The van der Waals surface area contributed by atoms with Crippen molar-refractivity contribution in [3.63, 3.8) is 0 Å². The van der Waals surface area contributed by atoms with Gasteiger partial charge in [-0.15, -0.1) is 0 Å². The molecule has 0 amide bonds. The maximum Gasteiger partial charge on any atom is 0.232 e. The maximum absolute atomic E-state index is 14.8. The highest BCUT2D eigenvalue weighted by Crippen LogP contribution is 2.31. The summed E-state index contributed by atoms with van der Waals surface area (Å²) in [6.45, 7) is 1.36. The van der Waals surface area contributed by atoms with Crippen molar-refractivity contribution in [2.24, 2.45) is 0 Å². The van der Waals surface area contributed by atoms with Crippen molar-refractivity contribution < 1.29 is 26.7 Å². The van der Waals surface area contributed by atoms with Crippen LogP contribution in [0.15, 0.2) is 30.6 Å². The Morgan fingerprint density at radius 2 is 2.04 bits per heavy atom. The van der Waals surface area contributed by atoms with E-state index in [1.807, 2.05) is 4.72 Å². The number of benzene rings is 1. The van der Waals surface area contributed by atoms with E-state index in [-0.39, 0.29) is 16.7 Å². The minimum atomic E-state index is -3.81. The summed E-state index contributed by atoms with van der Waals surface area (Å²) < 4.78 is 59.6. The maximum atomic E-state index is 14.8. The molecule has 0 saturated carbocycles. The quantitative estimate of drug-likeness (QED) is 0.625. The number of H-pyrrole nitrogens is 1. The predicted octanol–water partition coefficient (Wildman–Crippen LogP) is 2.84. The third-order valence-electron chi connectivity index (χ3n) is 3.96. The number of nitrogens with zero attached hydrogens (tertiary/aromatic N) is 1. The molecular formula is C17H15F2N3O4S. The van der Waals surface area contributed by atoms with Gasteiger partial charge in [-0.25, -0.2) is 22.2 Å². The number of hydrogen-bond acceptors (Lipinski definition) is 5. The topological polar surface area (TPSA) is 101 Å². The van der Waals surface area contributed by atoms with Gasteiger partial charge in [0.1, 0.15) is 17.2 Å². The number of rotatable bonds is 6. The molecule has 0 saturated heterocycles. The summed E-state index contributed by atoms with van der Waals surface area (Å²) in [5, 5.41) is 0.267. The number of halogens is 2. The molecule has 0 aliphatic carbocycles. The average molecular weight is 395 g/mol. The van der Waals surface area contributed by atoms with Gasteiger partial charge in [-0.05, 0) is 25.1 Å². The van der Waals surface area contributed by atoms with Crippen molar-refractivity contribution in [3.8, 4) is 5.75 Å². The number of carbonyl (C=O) groups is 1.